The largest absolute Gasteiger partial charge is 0.339 e. The summed E-state index contributed by atoms with van der Waals surface area (Å²) in [4.78, 5) is 26.9. The summed E-state index contributed by atoms with van der Waals surface area (Å²) in [6, 6.07) is 0. The summed E-state index contributed by atoms with van der Waals surface area (Å²) in [5.74, 6) is 0.436. The molecular formula is C12H22N2O2. The Balaban J connectivity index is 2.31. The van der Waals surface area contributed by atoms with Crippen LogP contribution in [0.3, 0.4) is 0 Å². The summed E-state index contributed by atoms with van der Waals surface area (Å²) in [5.41, 5.74) is 0. The Labute approximate surface area is 97.6 Å². The predicted octanol–water partition coefficient (Wildman–Crippen LogP) is 1.26. The number of carbonyl (C=O) groups is 2. The Morgan fingerprint density at radius 3 is 1.88 bits per heavy atom. The third-order valence-corrected chi connectivity index (χ3v) is 3.03. The maximum atomic E-state index is 11.7. The Morgan fingerprint density at radius 2 is 1.44 bits per heavy atom. The molecule has 4 heteroatoms. The molecule has 0 aromatic rings. The summed E-state index contributed by atoms with van der Waals surface area (Å²) in [6.45, 7) is 6.77. The number of amides is 2. The van der Waals surface area contributed by atoms with Crippen LogP contribution in [0.2, 0.25) is 0 Å². The molecule has 0 aromatic heterocycles. The van der Waals surface area contributed by atoms with E-state index in [1.54, 1.807) is 0 Å². The molecule has 1 fully saturated rings. The molecule has 4 nitrogen and oxygen atoms in total. The van der Waals surface area contributed by atoms with Crippen molar-refractivity contribution in [2.24, 2.45) is 0 Å². The fraction of sp³-hybridized carbons (Fsp3) is 0.833. The van der Waals surface area contributed by atoms with Crippen LogP contribution in [-0.2, 0) is 9.59 Å². The summed E-state index contributed by atoms with van der Waals surface area (Å²) in [6.07, 6.45) is 3.23. The number of hydrogen-bond acceptors (Lipinski definition) is 2. The maximum Gasteiger partial charge on any atom is 0.222 e. The molecule has 0 atom stereocenters. The highest BCUT2D eigenvalue weighted by atomic mass is 16.2. The Bertz CT molecular complexity index is 245. The van der Waals surface area contributed by atoms with E-state index in [0.29, 0.717) is 39.0 Å². The lowest BCUT2D eigenvalue weighted by Crippen LogP contribution is -2.50. The van der Waals surface area contributed by atoms with Crippen molar-refractivity contribution >= 4 is 11.8 Å². The fourth-order valence-electron chi connectivity index (χ4n) is 1.91. The molecule has 1 aliphatic heterocycles. The van der Waals surface area contributed by atoms with E-state index in [0.717, 1.165) is 12.8 Å². The SMILES string of the molecule is CCCCC(=O)N1CCN(C(=O)CC)CC1. The molecule has 0 unspecified atom stereocenters. The van der Waals surface area contributed by atoms with Crippen molar-refractivity contribution in [3.8, 4) is 0 Å². The van der Waals surface area contributed by atoms with Crippen LogP contribution in [0.4, 0.5) is 0 Å². The van der Waals surface area contributed by atoms with Crippen LogP contribution >= 0.6 is 0 Å². The standard InChI is InChI=1S/C12H22N2O2/c1-3-5-6-12(16)14-9-7-13(8-10-14)11(15)4-2/h3-10H2,1-2H3. The second-order valence-electron chi connectivity index (χ2n) is 4.22. The molecule has 1 aliphatic rings. The first kappa shape index (κ1) is 13.0. The van der Waals surface area contributed by atoms with Gasteiger partial charge in [0.1, 0.15) is 0 Å². The summed E-state index contributed by atoms with van der Waals surface area (Å²) < 4.78 is 0. The Morgan fingerprint density at radius 1 is 0.938 bits per heavy atom. The molecular weight excluding hydrogens is 204 g/mol. The van der Waals surface area contributed by atoms with Crippen LogP contribution < -0.4 is 0 Å². The quantitative estimate of drug-likeness (QED) is 0.724. The zero-order valence-electron chi connectivity index (χ0n) is 10.4. The van der Waals surface area contributed by atoms with Crippen molar-refractivity contribution in [3.63, 3.8) is 0 Å². The second kappa shape index (κ2) is 6.51. The van der Waals surface area contributed by atoms with Gasteiger partial charge in [-0.15, -0.1) is 0 Å². The molecule has 0 saturated carbocycles. The molecule has 0 spiro atoms. The highest BCUT2D eigenvalue weighted by Crippen LogP contribution is 2.07. The van der Waals surface area contributed by atoms with Gasteiger partial charge < -0.3 is 9.80 Å². The van der Waals surface area contributed by atoms with Crippen LogP contribution in [0.5, 0.6) is 0 Å². The molecule has 16 heavy (non-hydrogen) atoms. The summed E-state index contributed by atoms with van der Waals surface area (Å²) in [5, 5.41) is 0. The number of carbonyl (C=O) groups excluding carboxylic acids is 2. The first-order chi connectivity index (χ1) is 7.69. The lowest BCUT2D eigenvalue weighted by Gasteiger charge is -2.34. The minimum Gasteiger partial charge on any atom is -0.339 e. The van der Waals surface area contributed by atoms with Crippen molar-refractivity contribution in [1.29, 1.82) is 0 Å². The van der Waals surface area contributed by atoms with Gasteiger partial charge >= 0.3 is 0 Å². The molecule has 0 bridgehead atoms. The number of nitrogens with zero attached hydrogens (tertiary/aromatic N) is 2. The first-order valence-electron chi connectivity index (χ1n) is 6.24. The number of unbranched alkanes of at least 4 members (excludes halogenated alkanes) is 1. The van der Waals surface area contributed by atoms with Gasteiger partial charge in [0.2, 0.25) is 11.8 Å². The topological polar surface area (TPSA) is 40.6 Å². The maximum absolute atomic E-state index is 11.7. The molecule has 1 rings (SSSR count). The van der Waals surface area contributed by atoms with Crippen LogP contribution in [0.25, 0.3) is 0 Å². The Kier molecular flexibility index (Phi) is 5.29. The van der Waals surface area contributed by atoms with E-state index >= 15 is 0 Å². The van der Waals surface area contributed by atoms with Crippen molar-refractivity contribution in [1.82, 2.24) is 9.80 Å². The van der Waals surface area contributed by atoms with Crippen LogP contribution in [0, 0.1) is 0 Å². The van der Waals surface area contributed by atoms with Gasteiger partial charge in [0.05, 0.1) is 0 Å². The molecule has 2 amide bonds. The van der Waals surface area contributed by atoms with Crippen LogP contribution in [-0.4, -0.2) is 47.8 Å². The van der Waals surface area contributed by atoms with Crippen molar-refractivity contribution in [2.75, 3.05) is 26.2 Å². The van der Waals surface area contributed by atoms with Crippen LogP contribution in [0.1, 0.15) is 39.5 Å². The van der Waals surface area contributed by atoms with Crippen molar-refractivity contribution < 1.29 is 9.59 Å². The van der Waals surface area contributed by atoms with E-state index in [1.165, 1.54) is 0 Å². The number of hydrogen-bond donors (Lipinski definition) is 0. The lowest BCUT2D eigenvalue weighted by molar-refractivity contribution is -0.139. The lowest BCUT2D eigenvalue weighted by atomic mass is 10.2. The van der Waals surface area contributed by atoms with Gasteiger partial charge in [-0.1, -0.05) is 20.3 Å². The zero-order valence-corrected chi connectivity index (χ0v) is 10.4. The van der Waals surface area contributed by atoms with Gasteiger partial charge in [0.25, 0.3) is 0 Å². The van der Waals surface area contributed by atoms with Gasteiger partial charge in [-0.3, -0.25) is 9.59 Å². The molecule has 92 valence electrons. The molecule has 0 N–H and O–H groups in total. The molecule has 0 aliphatic carbocycles. The monoisotopic (exact) mass is 226 g/mol. The highest BCUT2D eigenvalue weighted by molar-refractivity contribution is 5.78. The number of piperazine rings is 1. The number of rotatable bonds is 4. The molecule has 1 heterocycles. The normalized spacial score (nSPS) is 16.4. The summed E-state index contributed by atoms with van der Waals surface area (Å²) in [7, 11) is 0. The van der Waals surface area contributed by atoms with Gasteiger partial charge in [-0.05, 0) is 6.42 Å². The second-order valence-corrected chi connectivity index (χ2v) is 4.22. The fourth-order valence-corrected chi connectivity index (χ4v) is 1.91. The van der Waals surface area contributed by atoms with Gasteiger partial charge in [-0.2, -0.15) is 0 Å². The summed E-state index contributed by atoms with van der Waals surface area (Å²) >= 11 is 0. The third kappa shape index (κ3) is 3.51. The minimum atomic E-state index is 0.195. The van der Waals surface area contributed by atoms with E-state index in [-0.39, 0.29) is 11.8 Å². The average molecular weight is 226 g/mol. The van der Waals surface area contributed by atoms with Crippen molar-refractivity contribution in [3.05, 3.63) is 0 Å². The minimum absolute atomic E-state index is 0.195. The van der Waals surface area contributed by atoms with Gasteiger partial charge in [0.15, 0.2) is 0 Å². The smallest absolute Gasteiger partial charge is 0.222 e. The molecule has 1 saturated heterocycles. The third-order valence-electron chi connectivity index (χ3n) is 3.03. The van der Waals surface area contributed by atoms with Crippen molar-refractivity contribution in [2.45, 2.75) is 39.5 Å². The first-order valence-corrected chi connectivity index (χ1v) is 6.24. The van der Waals surface area contributed by atoms with E-state index in [2.05, 4.69) is 6.92 Å². The molecule has 0 radical (unpaired) electrons. The van der Waals surface area contributed by atoms with E-state index in [1.807, 2.05) is 16.7 Å². The van der Waals surface area contributed by atoms with Gasteiger partial charge in [-0.25, -0.2) is 0 Å². The van der Waals surface area contributed by atoms with Gasteiger partial charge in [0, 0.05) is 39.0 Å². The molecule has 0 aromatic carbocycles. The highest BCUT2D eigenvalue weighted by Gasteiger charge is 2.22. The average Bonchev–Trinajstić information content (AvgIpc) is 2.35. The predicted molar refractivity (Wildman–Crippen MR) is 63.0 cm³/mol. The van der Waals surface area contributed by atoms with Crippen LogP contribution in [0.15, 0.2) is 0 Å². The zero-order chi connectivity index (χ0) is 12.0. The van der Waals surface area contributed by atoms with E-state index < -0.39 is 0 Å². The van der Waals surface area contributed by atoms with E-state index in [9.17, 15) is 9.59 Å². The Hall–Kier alpha value is -1.06. The van der Waals surface area contributed by atoms with E-state index in [4.69, 9.17) is 0 Å².